The van der Waals surface area contributed by atoms with E-state index in [-0.39, 0.29) is 13.0 Å². The smallest absolute Gasteiger partial charge is 0.303 e. The first-order chi connectivity index (χ1) is 20.8. The molecule has 256 valence electrons. The minimum absolute atomic E-state index is 0.0311. The van der Waals surface area contributed by atoms with E-state index in [1.807, 2.05) is 0 Å². The van der Waals surface area contributed by atoms with Crippen LogP contribution in [0.1, 0.15) is 39.5 Å². The van der Waals surface area contributed by atoms with Gasteiger partial charge in [0.15, 0.2) is 18.9 Å². The molecule has 3 rings (SSSR count). The van der Waals surface area contributed by atoms with E-state index in [4.69, 9.17) is 33.5 Å². The zero-order valence-corrected chi connectivity index (χ0v) is 24.4. The Morgan fingerprint density at radius 1 is 0.705 bits per heavy atom. The van der Waals surface area contributed by atoms with E-state index in [0.29, 0.717) is 19.3 Å². The van der Waals surface area contributed by atoms with Gasteiger partial charge in [0.05, 0.1) is 19.3 Å². The maximum absolute atomic E-state index is 12.3. The van der Waals surface area contributed by atoms with E-state index in [2.05, 4.69) is 5.32 Å². The third-order valence-electron chi connectivity index (χ3n) is 7.75. The number of aliphatic hydroxyl groups excluding tert-OH is 8. The minimum atomic E-state index is -1.86. The molecule has 15 atom stereocenters. The second-order valence-corrected chi connectivity index (χ2v) is 11.1. The van der Waals surface area contributed by atoms with Gasteiger partial charge in [-0.1, -0.05) is 6.42 Å². The molecule has 3 fully saturated rings. The van der Waals surface area contributed by atoms with Crippen molar-refractivity contribution in [1.82, 2.24) is 5.32 Å². The highest BCUT2D eigenvalue weighted by Crippen LogP contribution is 2.34. The highest BCUT2D eigenvalue weighted by Gasteiger charge is 2.54. The number of amides is 1. The van der Waals surface area contributed by atoms with Gasteiger partial charge in [-0.2, -0.15) is 0 Å². The molecule has 10 N–H and O–H groups in total. The number of carboxylic acids is 1. The number of rotatable bonds is 14. The molecule has 3 aliphatic rings. The Balaban J connectivity index is 1.91. The summed E-state index contributed by atoms with van der Waals surface area (Å²) in [5.74, 6) is -1.53. The number of aliphatic hydroxyl groups is 8. The Morgan fingerprint density at radius 3 is 1.86 bits per heavy atom. The van der Waals surface area contributed by atoms with Gasteiger partial charge < -0.3 is 79.7 Å². The minimum Gasteiger partial charge on any atom is -0.481 e. The maximum atomic E-state index is 12.3. The van der Waals surface area contributed by atoms with Crippen molar-refractivity contribution in [3.05, 3.63) is 0 Å². The van der Waals surface area contributed by atoms with Crippen molar-refractivity contribution >= 4 is 11.9 Å². The van der Waals surface area contributed by atoms with Crippen LogP contribution in [0.5, 0.6) is 0 Å². The van der Waals surface area contributed by atoms with Crippen molar-refractivity contribution in [3.8, 4) is 0 Å². The van der Waals surface area contributed by atoms with Crippen LogP contribution in [0.2, 0.25) is 0 Å². The number of carbonyl (C=O) groups excluding carboxylic acids is 1. The molecule has 0 unspecified atom stereocenters. The van der Waals surface area contributed by atoms with Crippen molar-refractivity contribution < 1.29 is 84.0 Å². The van der Waals surface area contributed by atoms with Crippen molar-refractivity contribution in [2.45, 2.75) is 132 Å². The van der Waals surface area contributed by atoms with Crippen LogP contribution in [0.25, 0.3) is 0 Å². The van der Waals surface area contributed by atoms with Gasteiger partial charge in [0.25, 0.3) is 0 Å². The molecule has 0 saturated carbocycles. The van der Waals surface area contributed by atoms with Gasteiger partial charge in [-0.25, -0.2) is 0 Å². The largest absolute Gasteiger partial charge is 0.481 e. The van der Waals surface area contributed by atoms with Gasteiger partial charge in [-0.3, -0.25) is 9.59 Å². The van der Waals surface area contributed by atoms with Crippen LogP contribution >= 0.6 is 0 Å². The van der Waals surface area contributed by atoms with Crippen LogP contribution in [0.3, 0.4) is 0 Å². The molecule has 0 aromatic rings. The molecule has 0 bridgehead atoms. The summed E-state index contributed by atoms with van der Waals surface area (Å²) in [4.78, 5) is 23.1. The lowest BCUT2D eigenvalue weighted by Crippen LogP contribution is -2.69. The Hall–Kier alpha value is -1.62. The molecule has 3 aliphatic heterocycles. The number of hydrogen-bond acceptors (Lipinski definition) is 16. The second kappa shape index (κ2) is 16.8. The highest BCUT2D eigenvalue weighted by atomic mass is 16.8. The van der Waals surface area contributed by atoms with Crippen LogP contribution in [0.4, 0.5) is 0 Å². The predicted molar refractivity (Wildman–Crippen MR) is 141 cm³/mol. The molecule has 18 nitrogen and oxygen atoms in total. The van der Waals surface area contributed by atoms with Gasteiger partial charge in [0.1, 0.15) is 67.1 Å². The monoisotopic (exact) mass is 643 g/mol. The number of unbranched alkanes of at least 4 members (excludes halogenated alkanes) is 2. The summed E-state index contributed by atoms with van der Waals surface area (Å²) in [6, 6.07) is -1.26. The fourth-order valence-corrected chi connectivity index (χ4v) is 5.28. The third kappa shape index (κ3) is 9.01. The summed E-state index contributed by atoms with van der Waals surface area (Å²) in [5, 5.41) is 93.5. The molecule has 0 aromatic heterocycles. The maximum Gasteiger partial charge on any atom is 0.303 e. The molecular formula is C26H45NO17. The van der Waals surface area contributed by atoms with Crippen LogP contribution in [0, 0.1) is 0 Å². The summed E-state index contributed by atoms with van der Waals surface area (Å²) >= 11 is 0. The first-order valence-electron chi connectivity index (χ1n) is 14.5. The van der Waals surface area contributed by atoms with Gasteiger partial charge >= 0.3 is 5.97 Å². The van der Waals surface area contributed by atoms with E-state index in [0.717, 1.165) is 0 Å². The predicted octanol–water partition coefficient (Wildman–Crippen LogP) is -4.73. The molecule has 0 spiro atoms. The lowest BCUT2D eigenvalue weighted by Gasteiger charge is -2.50. The van der Waals surface area contributed by atoms with Gasteiger partial charge in [-0.15, -0.1) is 0 Å². The number of ether oxygens (including phenoxy) is 6. The first kappa shape index (κ1) is 36.8. The van der Waals surface area contributed by atoms with Crippen LogP contribution in [0.15, 0.2) is 0 Å². The second-order valence-electron chi connectivity index (χ2n) is 11.1. The molecule has 3 heterocycles. The van der Waals surface area contributed by atoms with Crippen molar-refractivity contribution in [2.75, 3.05) is 19.8 Å². The van der Waals surface area contributed by atoms with E-state index >= 15 is 0 Å². The van der Waals surface area contributed by atoms with Gasteiger partial charge in [0.2, 0.25) is 5.91 Å². The molecule has 44 heavy (non-hydrogen) atoms. The molecule has 3 saturated heterocycles. The van der Waals surface area contributed by atoms with E-state index in [1.165, 1.54) is 13.8 Å². The Labute approximate surface area is 253 Å². The number of nitrogens with one attached hydrogen (secondary N) is 1. The summed E-state index contributed by atoms with van der Waals surface area (Å²) in [7, 11) is 0. The van der Waals surface area contributed by atoms with Crippen molar-refractivity contribution in [1.29, 1.82) is 0 Å². The Bertz CT molecular complexity index is 912. The van der Waals surface area contributed by atoms with Crippen molar-refractivity contribution in [3.63, 3.8) is 0 Å². The number of carboxylic acid groups (broad SMARTS) is 1. The normalized spacial score (nSPS) is 43.0. The number of aliphatic carboxylic acids is 1. The average Bonchev–Trinajstić information content (AvgIpc) is 2.98. The zero-order valence-electron chi connectivity index (χ0n) is 24.4. The molecule has 0 radical (unpaired) electrons. The van der Waals surface area contributed by atoms with Gasteiger partial charge in [-0.05, 0) is 19.8 Å². The number of carbonyl (C=O) groups is 2. The van der Waals surface area contributed by atoms with E-state index in [9.17, 15) is 50.4 Å². The average molecular weight is 644 g/mol. The summed E-state index contributed by atoms with van der Waals surface area (Å²) < 4.78 is 34.8. The lowest BCUT2D eigenvalue weighted by atomic mass is 9.94. The summed E-state index contributed by atoms with van der Waals surface area (Å²) in [6.45, 7) is 1.12. The fraction of sp³-hybridized carbons (Fsp3) is 0.923. The fourth-order valence-electron chi connectivity index (χ4n) is 5.28. The summed E-state index contributed by atoms with van der Waals surface area (Å²) in [5.41, 5.74) is 0. The highest BCUT2D eigenvalue weighted by molar-refractivity contribution is 5.73. The van der Waals surface area contributed by atoms with Crippen LogP contribution in [-0.2, 0) is 38.0 Å². The number of hydrogen-bond donors (Lipinski definition) is 10. The first-order valence-corrected chi connectivity index (χ1v) is 14.5. The van der Waals surface area contributed by atoms with Crippen molar-refractivity contribution in [2.24, 2.45) is 0 Å². The third-order valence-corrected chi connectivity index (χ3v) is 7.75. The Kier molecular flexibility index (Phi) is 14.1. The lowest BCUT2D eigenvalue weighted by molar-refractivity contribution is -0.373. The van der Waals surface area contributed by atoms with Gasteiger partial charge in [0, 0.05) is 20.0 Å². The Morgan fingerprint density at radius 2 is 1.27 bits per heavy atom. The molecule has 0 aromatic carbocycles. The van der Waals surface area contributed by atoms with Crippen LogP contribution < -0.4 is 5.32 Å². The quantitative estimate of drug-likeness (QED) is 0.0795. The zero-order chi connectivity index (χ0) is 32.7. The molecular weight excluding hydrogens is 598 g/mol. The molecule has 1 amide bonds. The SMILES string of the molecule is CC(=O)N[C@H]1[C@H](OCCCCCC(=O)O)O[C@H](CO)[C@@H](O[C@@H]2O[C@H](CO)[C@H](O)[C@H](O)[C@H]2O)[C@@H]1O[C@@H]1O[C@@H](C)[C@@H](O)[C@@H](O)[C@@H]1O. The molecule has 0 aliphatic carbocycles. The summed E-state index contributed by atoms with van der Waals surface area (Å²) in [6.07, 6.45) is -20.4. The van der Waals surface area contributed by atoms with E-state index in [1.54, 1.807) is 0 Å². The molecule has 18 heteroatoms. The topological polar surface area (TPSA) is 284 Å². The van der Waals surface area contributed by atoms with E-state index < -0.39 is 117 Å². The van der Waals surface area contributed by atoms with Crippen LogP contribution in [-0.4, -0.2) is 170 Å². The standard InChI is InChI=1S/C26H45NO17/c1-10-16(33)18(35)20(37)25(40-10)44-23-15(27-11(2)30)24(39-7-5-3-4-6-14(31)32)42-13(9-29)22(23)43-26-21(38)19(36)17(34)12(8-28)41-26/h10,12-13,15-26,28-29,33-38H,3-9H2,1-2H3,(H,27,30)(H,31,32)/t10-,12+,13+,15+,16+,17-,18+,19-,20-,21+,22+,23+,24+,25-,26-/m0/s1.